The van der Waals surface area contributed by atoms with Gasteiger partial charge < -0.3 is 15.0 Å². The first kappa shape index (κ1) is 19.1. The van der Waals surface area contributed by atoms with Crippen LogP contribution in [0.2, 0.25) is 0 Å². The standard InChI is InChI=1S/C22H21F3N4O/c1-11(15-4-3-5-16(20(15)23)21(24)25)26-22-17-8-13(29-9-19-18(29)10-30-19)6-7-14(17)12(2)27-28-22/h3-8,11,18-19,21H,9-10H2,1-2H3,(H,26,28)/t11-,18?,19+/m1/s1. The average Bonchev–Trinajstić information content (AvgIpc) is 2.71. The number of nitrogens with zero attached hydrogens (tertiary/aromatic N) is 3. The second-order valence-electron chi connectivity index (χ2n) is 7.87. The van der Waals surface area contributed by atoms with Gasteiger partial charge >= 0.3 is 0 Å². The Bertz CT molecular complexity index is 1120. The van der Waals surface area contributed by atoms with Crippen molar-refractivity contribution < 1.29 is 17.9 Å². The van der Waals surface area contributed by atoms with Crippen molar-refractivity contribution in [3.05, 3.63) is 59.0 Å². The number of aromatic nitrogens is 2. The topological polar surface area (TPSA) is 50.3 Å². The molecule has 0 bridgehead atoms. The number of benzene rings is 2. The molecule has 3 aromatic rings. The number of alkyl halides is 2. The molecule has 5 rings (SSSR count). The number of hydrogen-bond donors (Lipinski definition) is 1. The van der Waals surface area contributed by atoms with E-state index in [1.807, 2.05) is 19.1 Å². The summed E-state index contributed by atoms with van der Waals surface area (Å²) in [5, 5.41) is 13.5. The number of hydrogen-bond acceptors (Lipinski definition) is 5. The van der Waals surface area contributed by atoms with Crippen molar-refractivity contribution in [3.8, 4) is 0 Å². The monoisotopic (exact) mass is 414 g/mol. The lowest BCUT2D eigenvalue weighted by Gasteiger charge is -2.56. The molecule has 156 valence electrons. The summed E-state index contributed by atoms with van der Waals surface area (Å²) in [4.78, 5) is 2.29. The van der Waals surface area contributed by atoms with Crippen molar-refractivity contribution >= 4 is 22.3 Å². The molecule has 2 fully saturated rings. The SMILES string of the molecule is Cc1nnc(N[C@H](C)c2cccc(C(F)F)c2F)c2cc(N3C[C@@H]4OCC43)ccc12. The van der Waals surface area contributed by atoms with E-state index in [1.54, 1.807) is 6.92 Å². The molecule has 2 aliphatic rings. The second kappa shape index (κ2) is 7.12. The molecule has 0 aliphatic carbocycles. The van der Waals surface area contributed by atoms with Crippen LogP contribution in [0.1, 0.15) is 36.2 Å². The number of rotatable bonds is 5. The van der Waals surface area contributed by atoms with E-state index in [-0.39, 0.29) is 5.56 Å². The smallest absolute Gasteiger partial charge is 0.266 e. The first-order chi connectivity index (χ1) is 14.4. The predicted molar refractivity (Wildman–Crippen MR) is 109 cm³/mol. The van der Waals surface area contributed by atoms with E-state index in [1.165, 1.54) is 12.1 Å². The molecule has 5 nitrogen and oxygen atoms in total. The van der Waals surface area contributed by atoms with Crippen molar-refractivity contribution in [1.29, 1.82) is 0 Å². The minimum Gasteiger partial charge on any atom is -0.372 e. The van der Waals surface area contributed by atoms with Crippen LogP contribution < -0.4 is 10.2 Å². The lowest BCUT2D eigenvalue weighted by Crippen LogP contribution is -2.70. The molecule has 0 spiro atoms. The number of halogens is 3. The highest BCUT2D eigenvalue weighted by Crippen LogP contribution is 2.38. The molecular formula is C22H21F3N4O. The third-order valence-electron chi connectivity index (χ3n) is 6.08. The lowest BCUT2D eigenvalue weighted by atomic mass is 9.93. The Morgan fingerprint density at radius 3 is 2.60 bits per heavy atom. The maximum Gasteiger partial charge on any atom is 0.266 e. The van der Waals surface area contributed by atoms with E-state index in [0.717, 1.165) is 41.4 Å². The van der Waals surface area contributed by atoms with Gasteiger partial charge in [0.1, 0.15) is 5.82 Å². The third-order valence-corrected chi connectivity index (χ3v) is 6.08. The number of ether oxygens (including phenoxy) is 1. The highest BCUT2D eigenvalue weighted by molar-refractivity contribution is 5.95. The molecule has 2 aliphatic heterocycles. The van der Waals surface area contributed by atoms with Crippen molar-refractivity contribution in [1.82, 2.24) is 10.2 Å². The molecule has 2 aromatic carbocycles. The van der Waals surface area contributed by atoms with E-state index < -0.39 is 23.8 Å². The van der Waals surface area contributed by atoms with Gasteiger partial charge in [-0.05, 0) is 26.0 Å². The molecule has 2 saturated heterocycles. The summed E-state index contributed by atoms with van der Waals surface area (Å²) in [5.41, 5.74) is 1.42. The maximum absolute atomic E-state index is 14.6. The molecule has 3 atom stereocenters. The van der Waals surface area contributed by atoms with E-state index in [2.05, 4.69) is 26.5 Å². The van der Waals surface area contributed by atoms with Crippen LogP contribution in [-0.2, 0) is 4.74 Å². The van der Waals surface area contributed by atoms with E-state index in [9.17, 15) is 13.2 Å². The van der Waals surface area contributed by atoms with Crippen LogP contribution in [0, 0.1) is 12.7 Å². The lowest BCUT2D eigenvalue weighted by molar-refractivity contribution is -0.113. The van der Waals surface area contributed by atoms with Crippen LogP contribution in [0.15, 0.2) is 36.4 Å². The zero-order valence-corrected chi connectivity index (χ0v) is 16.6. The number of aryl methyl sites for hydroxylation is 1. The van der Waals surface area contributed by atoms with Gasteiger partial charge in [-0.15, -0.1) is 5.10 Å². The summed E-state index contributed by atoms with van der Waals surface area (Å²) >= 11 is 0. The minimum absolute atomic E-state index is 0.164. The van der Waals surface area contributed by atoms with Gasteiger partial charge in [0.2, 0.25) is 0 Å². The van der Waals surface area contributed by atoms with E-state index >= 15 is 0 Å². The predicted octanol–water partition coefficient (Wildman–Crippen LogP) is 4.78. The first-order valence-electron chi connectivity index (χ1n) is 9.92. The fourth-order valence-corrected chi connectivity index (χ4v) is 4.19. The molecule has 0 radical (unpaired) electrons. The highest BCUT2D eigenvalue weighted by Gasteiger charge is 2.47. The van der Waals surface area contributed by atoms with Gasteiger partial charge in [-0.1, -0.05) is 24.3 Å². The Balaban J connectivity index is 1.49. The van der Waals surface area contributed by atoms with E-state index in [0.29, 0.717) is 18.0 Å². The molecule has 8 heteroatoms. The van der Waals surface area contributed by atoms with Crippen LogP contribution in [-0.4, -0.2) is 35.5 Å². The minimum atomic E-state index is -2.87. The van der Waals surface area contributed by atoms with Gasteiger partial charge in [-0.3, -0.25) is 0 Å². The normalized spacial score (nSPS) is 21.2. The Morgan fingerprint density at radius 2 is 1.93 bits per heavy atom. The van der Waals surface area contributed by atoms with Crippen LogP contribution in [0.25, 0.3) is 10.8 Å². The molecule has 0 saturated carbocycles. The average molecular weight is 414 g/mol. The molecule has 1 N–H and O–H groups in total. The number of morpholine rings is 1. The molecule has 3 heterocycles. The van der Waals surface area contributed by atoms with Crippen molar-refractivity contribution in [3.63, 3.8) is 0 Å². The molecule has 30 heavy (non-hydrogen) atoms. The number of nitrogens with one attached hydrogen (secondary N) is 1. The molecule has 0 amide bonds. The maximum atomic E-state index is 14.6. The van der Waals surface area contributed by atoms with Gasteiger partial charge in [0, 0.05) is 28.6 Å². The van der Waals surface area contributed by atoms with Crippen LogP contribution in [0.3, 0.4) is 0 Å². The number of fused-ring (bicyclic) bond motifs is 2. The van der Waals surface area contributed by atoms with Gasteiger partial charge in [0.25, 0.3) is 6.43 Å². The van der Waals surface area contributed by atoms with Crippen LogP contribution in [0.5, 0.6) is 0 Å². The van der Waals surface area contributed by atoms with Gasteiger partial charge in [0.15, 0.2) is 5.82 Å². The van der Waals surface area contributed by atoms with Crippen LogP contribution in [0.4, 0.5) is 24.7 Å². The van der Waals surface area contributed by atoms with Crippen molar-refractivity contribution in [2.75, 3.05) is 23.4 Å². The summed E-state index contributed by atoms with van der Waals surface area (Å²) in [7, 11) is 0. The quantitative estimate of drug-likeness (QED) is 0.652. The summed E-state index contributed by atoms with van der Waals surface area (Å²) in [6.07, 6.45) is -2.55. The summed E-state index contributed by atoms with van der Waals surface area (Å²) < 4.78 is 46.2. The first-order valence-corrected chi connectivity index (χ1v) is 9.92. The van der Waals surface area contributed by atoms with Gasteiger partial charge in [-0.2, -0.15) is 5.10 Å². The Kier molecular flexibility index (Phi) is 4.54. The highest BCUT2D eigenvalue weighted by atomic mass is 19.3. The molecule has 1 aromatic heterocycles. The Labute approximate surface area is 171 Å². The molecule has 1 unspecified atom stereocenters. The van der Waals surface area contributed by atoms with Crippen molar-refractivity contribution in [2.24, 2.45) is 0 Å². The second-order valence-corrected chi connectivity index (χ2v) is 7.87. The summed E-state index contributed by atoms with van der Waals surface area (Å²) in [5.74, 6) is -0.400. The fraction of sp³-hybridized carbons (Fsp3) is 0.364. The summed E-state index contributed by atoms with van der Waals surface area (Å²) in [6, 6.07) is 10.0. The zero-order chi connectivity index (χ0) is 21.0. The van der Waals surface area contributed by atoms with E-state index in [4.69, 9.17) is 4.74 Å². The van der Waals surface area contributed by atoms with Gasteiger partial charge in [-0.25, -0.2) is 13.2 Å². The van der Waals surface area contributed by atoms with Gasteiger partial charge in [0.05, 0.1) is 36.1 Å². The molecular weight excluding hydrogens is 393 g/mol. The fourth-order valence-electron chi connectivity index (χ4n) is 4.19. The largest absolute Gasteiger partial charge is 0.372 e. The van der Waals surface area contributed by atoms with Crippen molar-refractivity contribution in [2.45, 2.75) is 38.5 Å². The van der Waals surface area contributed by atoms with Crippen LogP contribution >= 0.6 is 0 Å². The number of anilines is 2. The third kappa shape index (κ3) is 2.98. The Morgan fingerprint density at radius 1 is 1.13 bits per heavy atom. The summed E-state index contributed by atoms with van der Waals surface area (Å²) in [6.45, 7) is 5.20. The Hall–Kier alpha value is -2.87. The zero-order valence-electron chi connectivity index (χ0n) is 16.6.